The summed E-state index contributed by atoms with van der Waals surface area (Å²) in [6, 6.07) is 6.81. The van der Waals surface area contributed by atoms with Gasteiger partial charge in [0.15, 0.2) is 12.1 Å². The summed E-state index contributed by atoms with van der Waals surface area (Å²) in [6.45, 7) is 0.0724. The van der Waals surface area contributed by atoms with Gasteiger partial charge in [0.05, 0.1) is 11.6 Å². The maximum Gasteiger partial charge on any atom is 0.332 e. The van der Waals surface area contributed by atoms with Crippen LogP contribution in [0, 0.1) is 0 Å². The van der Waals surface area contributed by atoms with E-state index in [0.29, 0.717) is 30.2 Å². The number of carbonyl (C=O) groups is 2. The van der Waals surface area contributed by atoms with Crippen LogP contribution in [-0.2, 0) is 14.3 Å². The summed E-state index contributed by atoms with van der Waals surface area (Å²) < 4.78 is 10.4. The lowest BCUT2D eigenvalue weighted by Crippen LogP contribution is -2.57. The molecule has 1 amide bonds. The van der Waals surface area contributed by atoms with Gasteiger partial charge >= 0.3 is 5.97 Å². The molecule has 1 aliphatic heterocycles. The molecular weight excluding hydrogens is 310 g/mol. The van der Waals surface area contributed by atoms with Crippen molar-refractivity contribution in [2.24, 2.45) is 0 Å². The van der Waals surface area contributed by atoms with Crippen LogP contribution in [0.3, 0.4) is 0 Å². The Balaban J connectivity index is 2.08. The number of para-hydroxylation sites is 1. The summed E-state index contributed by atoms with van der Waals surface area (Å²) in [5, 5.41) is 9.91. The van der Waals surface area contributed by atoms with Crippen molar-refractivity contribution < 1.29 is 24.2 Å². The number of rotatable bonds is 6. The van der Waals surface area contributed by atoms with Gasteiger partial charge in [-0.1, -0.05) is 23.7 Å². The minimum Gasteiger partial charge on any atom is -0.482 e. The molecule has 1 fully saturated rings. The Bertz CT molecular complexity index is 565. The molecule has 1 saturated heterocycles. The number of nitrogens with zero attached hydrogens (tertiary/aromatic N) is 1. The molecular formula is C15H18ClNO5. The molecule has 22 heavy (non-hydrogen) atoms. The van der Waals surface area contributed by atoms with Gasteiger partial charge < -0.3 is 19.5 Å². The zero-order chi connectivity index (χ0) is 16.2. The van der Waals surface area contributed by atoms with Crippen molar-refractivity contribution in [2.45, 2.75) is 18.4 Å². The van der Waals surface area contributed by atoms with Gasteiger partial charge in [0.1, 0.15) is 5.75 Å². The van der Waals surface area contributed by atoms with Gasteiger partial charge in [-0.25, -0.2) is 4.79 Å². The number of ether oxygens (including phenoxy) is 2. The normalized spacial score (nSPS) is 20.9. The molecule has 1 aliphatic rings. The average molecular weight is 328 g/mol. The minimum atomic E-state index is -1.31. The van der Waals surface area contributed by atoms with Crippen LogP contribution in [-0.4, -0.2) is 54.3 Å². The number of carboxylic acid groups (broad SMARTS) is 1. The van der Waals surface area contributed by atoms with Gasteiger partial charge in [0, 0.05) is 13.7 Å². The molecule has 1 heterocycles. The molecule has 1 N–H and O–H groups in total. The highest BCUT2D eigenvalue weighted by atomic mass is 35.5. The highest BCUT2D eigenvalue weighted by Crippen LogP contribution is 2.31. The summed E-state index contributed by atoms with van der Waals surface area (Å²) in [5.41, 5.74) is -1.31. The third-order valence-electron chi connectivity index (χ3n) is 3.76. The SMILES string of the molecule is COCC1(C(=O)O)CCCN1C(=O)COc1ccccc1Cl. The zero-order valence-electron chi connectivity index (χ0n) is 12.3. The first-order valence-corrected chi connectivity index (χ1v) is 7.29. The van der Waals surface area contributed by atoms with Crippen molar-refractivity contribution in [2.75, 3.05) is 26.9 Å². The van der Waals surface area contributed by atoms with Crippen molar-refractivity contribution >= 4 is 23.5 Å². The first kappa shape index (κ1) is 16.6. The number of hydrogen-bond acceptors (Lipinski definition) is 4. The van der Waals surface area contributed by atoms with E-state index in [1.165, 1.54) is 12.0 Å². The monoisotopic (exact) mass is 327 g/mol. The molecule has 0 bridgehead atoms. The Morgan fingerprint density at radius 3 is 2.77 bits per heavy atom. The molecule has 0 saturated carbocycles. The summed E-state index contributed by atoms with van der Waals surface area (Å²) in [5.74, 6) is -1.06. The van der Waals surface area contributed by atoms with Crippen LogP contribution in [0.15, 0.2) is 24.3 Å². The van der Waals surface area contributed by atoms with Crippen LogP contribution in [0.2, 0.25) is 5.02 Å². The lowest BCUT2D eigenvalue weighted by molar-refractivity contribution is -0.160. The first-order valence-electron chi connectivity index (χ1n) is 6.91. The number of amides is 1. The van der Waals surface area contributed by atoms with E-state index < -0.39 is 17.4 Å². The zero-order valence-corrected chi connectivity index (χ0v) is 13.0. The van der Waals surface area contributed by atoms with Crippen molar-refractivity contribution in [1.29, 1.82) is 0 Å². The van der Waals surface area contributed by atoms with Crippen LogP contribution < -0.4 is 4.74 Å². The predicted octanol–water partition coefficient (Wildman–Crippen LogP) is 1.81. The fourth-order valence-electron chi connectivity index (χ4n) is 2.69. The van der Waals surface area contributed by atoms with Crippen LogP contribution in [0.25, 0.3) is 0 Å². The molecule has 2 rings (SSSR count). The van der Waals surface area contributed by atoms with E-state index in [4.69, 9.17) is 21.1 Å². The number of carboxylic acids is 1. The summed E-state index contributed by atoms with van der Waals surface area (Å²) in [7, 11) is 1.42. The Morgan fingerprint density at radius 1 is 1.41 bits per heavy atom. The van der Waals surface area contributed by atoms with Crippen LogP contribution in [0.5, 0.6) is 5.75 Å². The van der Waals surface area contributed by atoms with Crippen LogP contribution >= 0.6 is 11.6 Å². The fraction of sp³-hybridized carbons (Fsp3) is 0.467. The smallest absolute Gasteiger partial charge is 0.332 e. The van der Waals surface area contributed by atoms with Gasteiger partial charge in [-0.3, -0.25) is 4.79 Å². The van der Waals surface area contributed by atoms with Crippen LogP contribution in [0.4, 0.5) is 0 Å². The third-order valence-corrected chi connectivity index (χ3v) is 4.07. The summed E-state index contributed by atoms with van der Waals surface area (Å²) in [4.78, 5) is 25.3. The quantitative estimate of drug-likeness (QED) is 0.862. The Kier molecular flexibility index (Phi) is 5.26. The molecule has 0 aromatic heterocycles. The maximum atomic E-state index is 12.4. The van der Waals surface area contributed by atoms with E-state index in [2.05, 4.69) is 0 Å². The van der Waals surface area contributed by atoms with Crippen molar-refractivity contribution in [3.8, 4) is 5.75 Å². The minimum absolute atomic E-state index is 0.0415. The van der Waals surface area contributed by atoms with E-state index in [9.17, 15) is 14.7 Å². The number of aliphatic carboxylic acids is 1. The highest BCUT2D eigenvalue weighted by molar-refractivity contribution is 6.32. The second kappa shape index (κ2) is 6.98. The number of carbonyl (C=O) groups excluding carboxylic acids is 1. The van der Waals surface area contributed by atoms with E-state index in [-0.39, 0.29) is 13.2 Å². The van der Waals surface area contributed by atoms with E-state index >= 15 is 0 Å². The first-order chi connectivity index (χ1) is 10.5. The molecule has 6 nitrogen and oxygen atoms in total. The molecule has 1 unspecified atom stereocenters. The molecule has 0 radical (unpaired) electrons. The lowest BCUT2D eigenvalue weighted by atomic mass is 9.97. The Morgan fingerprint density at radius 2 is 2.14 bits per heavy atom. The van der Waals surface area contributed by atoms with Gasteiger partial charge in [0.2, 0.25) is 0 Å². The van der Waals surface area contributed by atoms with Gasteiger partial charge in [0.25, 0.3) is 5.91 Å². The third kappa shape index (κ3) is 3.18. The Labute approximate surface area is 133 Å². The topological polar surface area (TPSA) is 76.1 Å². The Hall–Kier alpha value is -1.79. The van der Waals surface area contributed by atoms with Gasteiger partial charge in [-0.15, -0.1) is 0 Å². The number of halogens is 1. The second-order valence-electron chi connectivity index (χ2n) is 5.14. The highest BCUT2D eigenvalue weighted by Gasteiger charge is 2.50. The number of likely N-dealkylation sites (tertiary alicyclic amines) is 1. The summed E-state index contributed by atoms with van der Waals surface area (Å²) in [6.07, 6.45) is 0.988. The summed E-state index contributed by atoms with van der Waals surface area (Å²) >= 11 is 5.96. The maximum absolute atomic E-state index is 12.4. The van der Waals surface area contributed by atoms with Crippen molar-refractivity contribution in [1.82, 2.24) is 4.90 Å². The van der Waals surface area contributed by atoms with Crippen molar-refractivity contribution in [3.63, 3.8) is 0 Å². The molecule has 1 aromatic rings. The van der Waals surface area contributed by atoms with E-state index in [0.717, 1.165) is 0 Å². The largest absolute Gasteiger partial charge is 0.482 e. The molecule has 0 aliphatic carbocycles. The van der Waals surface area contributed by atoms with Gasteiger partial charge in [-0.05, 0) is 25.0 Å². The van der Waals surface area contributed by atoms with Gasteiger partial charge in [-0.2, -0.15) is 0 Å². The lowest BCUT2D eigenvalue weighted by Gasteiger charge is -2.34. The number of hydrogen-bond donors (Lipinski definition) is 1. The predicted molar refractivity (Wildman–Crippen MR) is 80.1 cm³/mol. The second-order valence-corrected chi connectivity index (χ2v) is 5.54. The molecule has 0 spiro atoms. The van der Waals surface area contributed by atoms with Crippen molar-refractivity contribution in [3.05, 3.63) is 29.3 Å². The van der Waals surface area contributed by atoms with Crippen LogP contribution in [0.1, 0.15) is 12.8 Å². The molecule has 1 aromatic carbocycles. The molecule has 7 heteroatoms. The van der Waals surface area contributed by atoms with E-state index in [1.807, 2.05) is 0 Å². The molecule has 120 valence electrons. The van der Waals surface area contributed by atoms with E-state index in [1.54, 1.807) is 24.3 Å². The molecule has 1 atom stereocenters. The fourth-order valence-corrected chi connectivity index (χ4v) is 2.88. The average Bonchev–Trinajstić information content (AvgIpc) is 2.92. The number of benzene rings is 1. The standard InChI is InChI=1S/C15H18ClNO5/c1-21-10-15(14(19)20)7-4-8-17(15)13(18)9-22-12-6-3-2-5-11(12)16/h2-3,5-6H,4,7-10H2,1H3,(H,19,20). The number of methoxy groups -OCH3 is 1.